The molecular weight excluding hydrogens is 412 g/mol. The van der Waals surface area contributed by atoms with E-state index in [0.717, 1.165) is 11.1 Å². The Labute approximate surface area is 174 Å². The second-order valence-electron chi connectivity index (χ2n) is 7.08. The van der Waals surface area contributed by atoms with Crippen molar-refractivity contribution in [3.8, 4) is 0 Å². The molecule has 0 radical (unpaired) electrons. The molecule has 29 heavy (non-hydrogen) atoms. The van der Waals surface area contributed by atoms with Crippen LogP contribution in [0.3, 0.4) is 0 Å². The first-order valence-corrected chi connectivity index (χ1v) is 11.7. The van der Waals surface area contributed by atoms with E-state index in [1.54, 1.807) is 17.5 Å². The molecule has 0 unspecified atom stereocenters. The maximum Gasteiger partial charge on any atom is 0.309 e. The number of hydrogen-bond donors (Lipinski definition) is 1. The summed E-state index contributed by atoms with van der Waals surface area (Å²) in [4.78, 5) is 24.4. The van der Waals surface area contributed by atoms with E-state index in [0.29, 0.717) is 22.7 Å². The molecule has 1 aliphatic heterocycles. The van der Waals surface area contributed by atoms with Gasteiger partial charge in [-0.25, -0.2) is 8.42 Å². The van der Waals surface area contributed by atoms with Crippen LogP contribution >= 0.6 is 11.3 Å². The Bertz CT molecular complexity index is 978. The number of nitrogens with one attached hydrogen (secondary N) is 1. The molecule has 2 aromatic rings. The molecule has 1 aromatic carbocycles. The Kier molecular flexibility index (Phi) is 6.71. The van der Waals surface area contributed by atoms with Crippen LogP contribution in [-0.4, -0.2) is 44.3 Å². The number of anilines is 1. The first kappa shape index (κ1) is 21.5. The average molecular weight is 437 g/mol. The normalized spacial score (nSPS) is 15.8. The summed E-state index contributed by atoms with van der Waals surface area (Å²) in [5.41, 5.74) is 2.71. The molecule has 1 amide bonds. The van der Waals surface area contributed by atoms with Crippen LogP contribution in [0.1, 0.15) is 24.0 Å². The van der Waals surface area contributed by atoms with Crippen LogP contribution in [-0.2, 0) is 24.3 Å². The van der Waals surface area contributed by atoms with Crippen LogP contribution in [0.15, 0.2) is 39.9 Å². The van der Waals surface area contributed by atoms with Crippen LogP contribution in [0.5, 0.6) is 0 Å². The molecule has 1 aliphatic rings. The minimum Gasteiger partial charge on any atom is -0.455 e. The fraction of sp³-hybridized carbons (Fsp3) is 0.400. The number of hydrogen-bond acceptors (Lipinski definition) is 6. The summed E-state index contributed by atoms with van der Waals surface area (Å²) in [5.74, 6) is -1.27. The zero-order valence-electron chi connectivity index (χ0n) is 16.4. The molecule has 7 nitrogen and oxygen atoms in total. The molecule has 3 rings (SSSR count). The van der Waals surface area contributed by atoms with E-state index < -0.39 is 27.8 Å². The number of sulfonamides is 1. The summed E-state index contributed by atoms with van der Waals surface area (Å²) >= 11 is 1.18. The van der Waals surface area contributed by atoms with Crippen LogP contribution in [0.25, 0.3) is 0 Å². The monoisotopic (exact) mass is 436 g/mol. The van der Waals surface area contributed by atoms with Gasteiger partial charge in [0.25, 0.3) is 15.9 Å². The number of thiophene rings is 1. The van der Waals surface area contributed by atoms with Crippen molar-refractivity contribution in [3.05, 3.63) is 46.8 Å². The molecule has 2 heterocycles. The van der Waals surface area contributed by atoms with Gasteiger partial charge in [0, 0.05) is 18.8 Å². The highest BCUT2D eigenvalue weighted by Gasteiger charge is 2.33. The summed E-state index contributed by atoms with van der Waals surface area (Å²) in [6, 6.07) is 8.94. The van der Waals surface area contributed by atoms with Crippen molar-refractivity contribution in [1.82, 2.24) is 4.31 Å². The van der Waals surface area contributed by atoms with Crippen molar-refractivity contribution in [2.45, 2.75) is 30.9 Å². The maximum atomic E-state index is 12.5. The lowest BCUT2D eigenvalue weighted by Crippen LogP contribution is -2.40. The van der Waals surface area contributed by atoms with Gasteiger partial charge in [-0.2, -0.15) is 4.31 Å². The fourth-order valence-electron chi connectivity index (χ4n) is 3.26. The zero-order chi connectivity index (χ0) is 21.0. The number of amides is 1. The smallest absolute Gasteiger partial charge is 0.309 e. The summed E-state index contributed by atoms with van der Waals surface area (Å²) in [6.45, 7) is 4.02. The highest BCUT2D eigenvalue weighted by atomic mass is 32.2. The van der Waals surface area contributed by atoms with Gasteiger partial charge in [0.15, 0.2) is 6.61 Å². The summed E-state index contributed by atoms with van der Waals surface area (Å²) in [5, 5.41) is 4.46. The number of carbonyl (C=O) groups excluding carboxylic acids is 2. The average Bonchev–Trinajstić information content (AvgIpc) is 3.24. The lowest BCUT2D eigenvalue weighted by atomic mass is 9.98. The minimum absolute atomic E-state index is 0.259. The molecule has 0 saturated carbocycles. The van der Waals surface area contributed by atoms with E-state index >= 15 is 0 Å². The van der Waals surface area contributed by atoms with Crippen molar-refractivity contribution < 1.29 is 22.7 Å². The second kappa shape index (κ2) is 9.06. The standard InChI is InChI=1S/C20H24N2O5S2/c1-14-5-6-17(15(2)12-14)21-18(23)13-27-20(24)16-7-9-22(10-8-16)29(25,26)19-4-3-11-28-19/h3-6,11-12,16H,7-10,13H2,1-2H3,(H,21,23). The topological polar surface area (TPSA) is 92.8 Å². The third-order valence-electron chi connectivity index (χ3n) is 4.88. The number of piperidine rings is 1. The van der Waals surface area contributed by atoms with Crippen LogP contribution in [0, 0.1) is 19.8 Å². The third-order valence-corrected chi connectivity index (χ3v) is 8.15. The van der Waals surface area contributed by atoms with Crippen molar-refractivity contribution in [3.63, 3.8) is 0 Å². The summed E-state index contributed by atoms with van der Waals surface area (Å²) in [7, 11) is -3.50. The van der Waals surface area contributed by atoms with Crippen molar-refractivity contribution >= 4 is 38.9 Å². The van der Waals surface area contributed by atoms with E-state index in [1.165, 1.54) is 15.6 Å². The highest BCUT2D eigenvalue weighted by molar-refractivity contribution is 7.91. The van der Waals surface area contributed by atoms with Crippen molar-refractivity contribution in [1.29, 1.82) is 0 Å². The Morgan fingerprint density at radius 1 is 1.21 bits per heavy atom. The lowest BCUT2D eigenvalue weighted by Gasteiger charge is -2.29. The summed E-state index contributed by atoms with van der Waals surface area (Å²) in [6.07, 6.45) is 0.754. The molecule has 156 valence electrons. The van der Waals surface area contributed by atoms with Gasteiger partial charge < -0.3 is 10.1 Å². The molecule has 1 saturated heterocycles. The fourth-order valence-corrected chi connectivity index (χ4v) is 5.88. The Balaban J connectivity index is 1.47. The van der Waals surface area contributed by atoms with Gasteiger partial charge in [-0.15, -0.1) is 11.3 Å². The van der Waals surface area contributed by atoms with E-state index in [2.05, 4.69) is 5.32 Å². The number of carbonyl (C=O) groups is 2. The van der Waals surface area contributed by atoms with Gasteiger partial charge in [-0.05, 0) is 49.8 Å². The van der Waals surface area contributed by atoms with Crippen LogP contribution in [0.4, 0.5) is 5.69 Å². The van der Waals surface area contributed by atoms with Crippen LogP contribution < -0.4 is 5.32 Å². The molecule has 1 aromatic heterocycles. The Morgan fingerprint density at radius 2 is 1.93 bits per heavy atom. The van der Waals surface area contributed by atoms with Crippen molar-refractivity contribution in [2.75, 3.05) is 25.0 Å². The first-order chi connectivity index (χ1) is 13.8. The highest BCUT2D eigenvalue weighted by Crippen LogP contribution is 2.26. The van der Waals surface area contributed by atoms with Crippen molar-refractivity contribution in [2.24, 2.45) is 5.92 Å². The third kappa shape index (κ3) is 5.23. The molecule has 0 spiro atoms. The van der Waals surface area contributed by atoms with E-state index in [9.17, 15) is 18.0 Å². The van der Waals surface area contributed by atoms with Gasteiger partial charge in [-0.1, -0.05) is 23.8 Å². The predicted molar refractivity (Wildman–Crippen MR) is 111 cm³/mol. The second-order valence-corrected chi connectivity index (χ2v) is 10.2. The molecule has 0 bridgehead atoms. The van der Waals surface area contributed by atoms with E-state index in [1.807, 2.05) is 32.0 Å². The maximum absolute atomic E-state index is 12.5. The predicted octanol–water partition coefficient (Wildman–Crippen LogP) is 2.95. The molecule has 1 N–H and O–H groups in total. The number of ether oxygens (including phenoxy) is 1. The quantitative estimate of drug-likeness (QED) is 0.703. The van der Waals surface area contributed by atoms with Gasteiger partial charge in [0.1, 0.15) is 4.21 Å². The minimum atomic E-state index is -3.50. The number of benzene rings is 1. The first-order valence-electron chi connectivity index (χ1n) is 9.35. The van der Waals surface area contributed by atoms with E-state index in [-0.39, 0.29) is 19.7 Å². The number of nitrogens with zero attached hydrogens (tertiary/aromatic N) is 1. The molecule has 9 heteroatoms. The number of esters is 1. The van der Waals surface area contributed by atoms with Crippen LogP contribution in [0.2, 0.25) is 0 Å². The Morgan fingerprint density at radius 3 is 2.55 bits per heavy atom. The SMILES string of the molecule is Cc1ccc(NC(=O)COC(=O)C2CCN(S(=O)(=O)c3cccs3)CC2)c(C)c1. The summed E-state index contributed by atoms with van der Waals surface area (Å²) < 4.78 is 31.9. The van der Waals surface area contributed by atoms with Gasteiger partial charge in [0.2, 0.25) is 0 Å². The largest absolute Gasteiger partial charge is 0.455 e. The number of rotatable bonds is 6. The van der Waals surface area contributed by atoms with Gasteiger partial charge >= 0.3 is 5.97 Å². The molecule has 0 aliphatic carbocycles. The lowest BCUT2D eigenvalue weighted by molar-refractivity contribution is -0.152. The van der Waals surface area contributed by atoms with Gasteiger partial charge in [-0.3, -0.25) is 9.59 Å². The zero-order valence-corrected chi connectivity index (χ0v) is 18.0. The molecular formula is C20H24N2O5S2. The van der Waals surface area contributed by atoms with Gasteiger partial charge in [0.05, 0.1) is 5.92 Å². The van der Waals surface area contributed by atoms with E-state index in [4.69, 9.17) is 4.74 Å². The number of aryl methyl sites for hydroxylation is 2. The molecule has 1 fully saturated rings. The Hall–Kier alpha value is -2.23. The molecule has 0 atom stereocenters.